The van der Waals surface area contributed by atoms with Crippen molar-refractivity contribution in [3.05, 3.63) is 54.0 Å². The molecule has 2 aromatic rings. The maximum atomic E-state index is 10.5. The summed E-state index contributed by atoms with van der Waals surface area (Å²) in [6.07, 6.45) is 3.25. The van der Waals surface area contributed by atoms with Gasteiger partial charge >= 0.3 is 5.97 Å². The van der Waals surface area contributed by atoms with Gasteiger partial charge in [0.15, 0.2) is 0 Å². The summed E-state index contributed by atoms with van der Waals surface area (Å²) in [5.41, 5.74) is 1.72. The molecule has 0 unspecified atom stereocenters. The molecule has 0 aliphatic heterocycles. The Kier molecular flexibility index (Phi) is 3.45. The Morgan fingerprint density at radius 1 is 1.18 bits per heavy atom. The number of ether oxygens (including phenoxy) is 1. The van der Waals surface area contributed by atoms with E-state index in [0.717, 1.165) is 11.1 Å². The largest absolute Gasteiger partial charge is 0.489 e. The van der Waals surface area contributed by atoms with E-state index in [1.807, 2.05) is 6.07 Å². The van der Waals surface area contributed by atoms with Crippen molar-refractivity contribution >= 4 is 5.97 Å². The van der Waals surface area contributed by atoms with Crippen molar-refractivity contribution in [3.8, 4) is 5.75 Å². The number of carboxylic acid groups (broad SMARTS) is 1. The first-order valence-electron chi connectivity index (χ1n) is 5.18. The summed E-state index contributed by atoms with van der Waals surface area (Å²) in [5.74, 6) is -0.127. The Morgan fingerprint density at radius 2 is 1.94 bits per heavy atom. The van der Waals surface area contributed by atoms with Crippen LogP contribution < -0.4 is 4.74 Å². The molecule has 0 spiro atoms. The third-order valence-electron chi connectivity index (χ3n) is 2.26. The molecular weight excluding hydrogens is 220 g/mol. The second-order valence-electron chi connectivity index (χ2n) is 3.63. The Hall–Kier alpha value is -2.23. The molecule has 1 aromatic carbocycles. The van der Waals surface area contributed by atoms with Gasteiger partial charge in [-0.25, -0.2) is 0 Å². The maximum absolute atomic E-state index is 10.5. The molecule has 0 fully saturated rings. The fraction of sp³-hybridized carbons (Fsp3) is 0.154. The zero-order valence-electron chi connectivity index (χ0n) is 9.13. The van der Waals surface area contributed by atoms with E-state index in [-0.39, 0.29) is 6.42 Å². The number of carboxylic acids is 1. The van der Waals surface area contributed by atoms with Crippen LogP contribution >= 0.6 is 0 Å². The SMILES string of the molecule is O=C(O)Cc1ccc(OCc2ccoc2)cc1. The lowest BCUT2D eigenvalue weighted by Gasteiger charge is -2.05. The average Bonchev–Trinajstić information content (AvgIpc) is 2.80. The van der Waals surface area contributed by atoms with Crippen molar-refractivity contribution in [1.29, 1.82) is 0 Å². The number of carbonyl (C=O) groups is 1. The van der Waals surface area contributed by atoms with Gasteiger partial charge in [0.05, 0.1) is 18.9 Å². The average molecular weight is 232 g/mol. The van der Waals surface area contributed by atoms with Gasteiger partial charge in [-0.1, -0.05) is 12.1 Å². The van der Waals surface area contributed by atoms with E-state index in [9.17, 15) is 4.79 Å². The molecule has 0 saturated carbocycles. The van der Waals surface area contributed by atoms with Gasteiger partial charge in [-0.3, -0.25) is 4.79 Å². The summed E-state index contributed by atoms with van der Waals surface area (Å²) in [7, 11) is 0. The van der Waals surface area contributed by atoms with E-state index in [0.29, 0.717) is 12.4 Å². The predicted molar refractivity (Wildman–Crippen MR) is 60.8 cm³/mol. The zero-order chi connectivity index (χ0) is 12.1. The minimum atomic E-state index is -0.836. The molecule has 0 radical (unpaired) electrons. The predicted octanol–water partition coefficient (Wildman–Crippen LogP) is 2.49. The van der Waals surface area contributed by atoms with Crippen molar-refractivity contribution in [2.24, 2.45) is 0 Å². The molecule has 88 valence electrons. The minimum absolute atomic E-state index is 0.0298. The minimum Gasteiger partial charge on any atom is -0.489 e. The lowest BCUT2D eigenvalue weighted by atomic mass is 10.1. The van der Waals surface area contributed by atoms with Crippen molar-refractivity contribution in [2.75, 3.05) is 0 Å². The quantitative estimate of drug-likeness (QED) is 0.860. The standard InChI is InChI=1S/C13H12O4/c14-13(15)7-10-1-3-12(4-2-10)17-9-11-5-6-16-8-11/h1-6,8H,7,9H2,(H,14,15). The van der Waals surface area contributed by atoms with Crippen LogP contribution in [-0.4, -0.2) is 11.1 Å². The van der Waals surface area contributed by atoms with Crippen LogP contribution in [-0.2, 0) is 17.8 Å². The van der Waals surface area contributed by atoms with Gasteiger partial charge in [0.1, 0.15) is 12.4 Å². The zero-order valence-corrected chi connectivity index (χ0v) is 9.13. The second kappa shape index (κ2) is 5.21. The first kappa shape index (κ1) is 11.3. The first-order valence-corrected chi connectivity index (χ1v) is 5.18. The molecule has 0 bridgehead atoms. The maximum Gasteiger partial charge on any atom is 0.307 e. The topological polar surface area (TPSA) is 59.7 Å². The fourth-order valence-electron chi connectivity index (χ4n) is 1.42. The second-order valence-corrected chi connectivity index (χ2v) is 3.63. The third kappa shape index (κ3) is 3.38. The lowest BCUT2D eigenvalue weighted by molar-refractivity contribution is -0.136. The van der Waals surface area contributed by atoms with Gasteiger partial charge in [-0.2, -0.15) is 0 Å². The summed E-state index contributed by atoms with van der Waals surface area (Å²) in [6, 6.07) is 8.85. The van der Waals surface area contributed by atoms with Gasteiger partial charge in [-0.05, 0) is 23.8 Å². The highest BCUT2D eigenvalue weighted by atomic mass is 16.5. The van der Waals surface area contributed by atoms with Gasteiger partial charge in [0.2, 0.25) is 0 Å². The van der Waals surface area contributed by atoms with Gasteiger partial charge in [0.25, 0.3) is 0 Å². The molecule has 1 N–H and O–H groups in total. The van der Waals surface area contributed by atoms with E-state index in [1.165, 1.54) is 0 Å². The van der Waals surface area contributed by atoms with Crippen molar-refractivity contribution in [2.45, 2.75) is 13.0 Å². The van der Waals surface area contributed by atoms with Gasteiger partial charge in [-0.15, -0.1) is 0 Å². The molecule has 1 heterocycles. The molecule has 0 atom stereocenters. The van der Waals surface area contributed by atoms with Gasteiger partial charge in [0, 0.05) is 5.56 Å². The number of aliphatic carboxylic acids is 1. The van der Waals surface area contributed by atoms with E-state index in [2.05, 4.69) is 0 Å². The highest BCUT2D eigenvalue weighted by Crippen LogP contribution is 2.14. The Labute approximate surface area is 98.4 Å². The van der Waals surface area contributed by atoms with E-state index < -0.39 is 5.97 Å². The summed E-state index contributed by atoms with van der Waals surface area (Å²) >= 11 is 0. The monoisotopic (exact) mass is 232 g/mol. The smallest absolute Gasteiger partial charge is 0.307 e. The summed E-state index contributed by atoms with van der Waals surface area (Å²) in [6.45, 7) is 0.439. The van der Waals surface area contributed by atoms with Crippen LogP contribution in [0.1, 0.15) is 11.1 Å². The molecule has 1 aromatic heterocycles. The van der Waals surface area contributed by atoms with Crippen LogP contribution in [0.25, 0.3) is 0 Å². The summed E-state index contributed by atoms with van der Waals surface area (Å²) < 4.78 is 10.4. The van der Waals surface area contributed by atoms with Gasteiger partial charge < -0.3 is 14.3 Å². The lowest BCUT2D eigenvalue weighted by Crippen LogP contribution is -2.00. The molecule has 2 rings (SSSR count). The highest BCUT2D eigenvalue weighted by molar-refractivity contribution is 5.70. The number of furan rings is 1. The first-order chi connectivity index (χ1) is 8.24. The van der Waals surface area contributed by atoms with E-state index in [1.54, 1.807) is 36.8 Å². The number of hydrogen-bond acceptors (Lipinski definition) is 3. The molecule has 4 heteroatoms. The normalized spacial score (nSPS) is 10.1. The molecular formula is C13H12O4. The fourth-order valence-corrected chi connectivity index (χ4v) is 1.42. The van der Waals surface area contributed by atoms with Crippen molar-refractivity contribution in [1.82, 2.24) is 0 Å². The molecule has 0 aliphatic rings. The van der Waals surface area contributed by atoms with Crippen LogP contribution in [0.3, 0.4) is 0 Å². The van der Waals surface area contributed by atoms with Crippen molar-refractivity contribution < 1.29 is 19.1 Å². The van der Waals surface area contributed by atoms with Crippen LogP contribution in [0.2, 0.25) is 0 Å². The van der Waals surface area contributed by atoms with Crippen LogP contribution in [0.5, 0.6) is 5.75 Å². The summed E-state index contributed by atoms with van der Waals surface area (Å²) in [5, 5.41) is 8.62. The van der Waals surface area contributed by atoms with E-state index in [4.69, 9.17) is 14.3 Å². The number of benzene rings is 1. The Morgan fingerprint density at radius 3 is 2.53 bits per heavy atom. The molecule has 0 saturated heterocycles. The Balaban J connectivity index is 1.91. The van der Waals surface area contributed by atoms with Crippen LogP contribution in [0, 0.1) is 0 Å². The van der Waals surface area contributed by atoms with Crippen LogP contribution in [0.15, 0.2) is 47.3 Å². The highest BCUT2D eigenvalue weighted by Gasteiger charge is 2.01. The molecule has 17 heavy (non-hydrogen) atoms. The van der Waals surface area contributed by atoms with Crippen LogP contribution in [0.4, 0.5) is 0 Å². The number of hydrogen-bond donors (Lipinski definition) is 1. The number of rotatable bonds is 5. The summed E-state index contributed by atoms with van der Waals surface area (Å²) in [4.78, 5) is 10.5. The third-order valence-corrected chi connectivity index (χ3v) is 2.26. The van der Waals surface area contributed by atoms with Crippen molar-refractivity contribution in [3.63, 3.8) is 0 Å². The molecule has 0 aliphatic carbocycles. The molecule has 0 amide bonds. The van der Waals surface area contributed by atoms with E-state index >= 15 is 0 Å². The molecule has 4 nitrogen and oxygen atoms in total. The Bertz CT molecular complexity index is 471.